The lowest BCUT2D eigenvalue weighted by atomic mass is 10.3. The van der Waals surface area contributed by atoms with Gasteiger partial charge in [0.2, 0.25) is 10.0 Å². The van der Waals surface area contributed by atoms with Gasteiger partial charge in [0.05, 0.1) is 5.69 Å². The van der Waals surface area contributed by atoms with Gasteiger partial charge in [0.15, 0.2) is 0 Å². The SMILES string of the molecule is O=C(Nc1ccccc1F)c1cc(S(=O)(=O)N2CCCC2)c[nH]1. The third-order valence-electron chi connectivity index (χ3n) is 3.73. The van der Waals surface area contributed by atoms with Crippen molar-refractivity contribution in [2.24, 2.45) is 0 Å². The van der Waals surface area contributed by atoms with Gasteiger partial charge in [0, 0.05) is 19.3 Å². The highest BCUT2D eigenvalue weighted by Crippen LogP contribution is 2.22. The zero-order valence-electron chi connectivity index (χ0n) is 12.3. The lowest BCUT2D eigenvalue weighted by molar-refractivity contribution is 0.102. The van der Waals surface area contributed by atoms with Crippen LogP contribution in [0.3, 0.4) is 0 Å². The van der Waals surface area contributed by atoms with E-state index in [2.05, 4.69) is 10.3 Å². The lowest BCUT2D eigenvalue weighted by Crippen LogP contribution is -2.27. The molecule has 23 heavy (non-hydrogen) atoms. The van der Waals surface area contributed by atoms with Crippen LogP contribution < -0.4 is 5.32 Å². The van der Waals surface area contributed by atoms with Gasteiger partial charge < -0.3 is 10.3 Å². The quantitative estimate of drug-likeness (QED) is 0.897. The van der Waals surface area contributed by atoms with Crippen molar-refractivity contribution in [2.75, 3.05) is 18.4 Å². The van der Waals surface area contributed by atoms with Crippen molar-refractivity contribution in [1.82, 2.24) is 9.29 Å². The molecular formula is C15H16FN3O3S. The molecule has 0 aliphatic carbocycles. The largest absolute Gasteiger partial charge is 0.356 e. The molecule has 8 heteroatoms. The Balaban J connectivity index is 1.79. The van der Waals surface area contributed by atoms with Crippen molar-refractivity contribution in [3.63, 3.8) is 0 Å². The number of aromatic nitrogens is 1. The zero-order chi connectivity index (χ0) is 16.4. The highest BCUT2D eigenvalue weighted by atomic mass is 32.2. The minimum atomic E-state index is -3.58. The number of benzene rings is 1. The third kappa shape index (κ3) is 3.13. The Bertz CT molecular complexity index is 826. The molecule has 0 spiro atoms. The summed E-state index contributed by atoms with van der Waals surface area (Å²) < 4.78 is 39.7. The van der Waals surface area contributed by atoms with Crippen molar-refractivity contribution in [3.8, 4) is 0 Å². The number of hydrogen-bond acceptors (Lipinski definition) is 3. The number of carbonyl (C=O) groups is 1. The summed E-state index contributed by atoms with van der Waals surface area (Å²) in [6.07, 6.45) is 2.96. The van der Waals surface area contributed by atoms with Gasteiger partial charge in [-0.2, -0.15) is 4.31 Å². The number of sulfonamides is 1. The molecule has 122 valence electrons. The Hall–Kier alpha value is -2.19. The Labute approximate surface area is 133 Å². The second-order valence-electron chi connectivity index (χ2n) is 5.29. The standard InChI is InChI=1S/C15H16FN3O3S/c16-12-5-1-2-6-13(12)18-15(20)14-9-11(10-17-14)23(21,22)19-7-3-4-8-19/h1-2,5-6,9-10,17H,3-4,7-8H2,(H,18,20). The van der Waals surface area contributed by atoms with Crippen molar-refractivity contribution >= 4 is 21.6 Å². The Morgan fingerprint density at radius 2 is 1.91 bits per heavy atom. The molecule has 1 amide bonds. The smallest absolute Gasteiger partial charge is 0.272 e. The van der Waals surface area contributed by atoms with Crippen LogP contribution in [-0.4, -0.2) is 36.7 Å². The number of rotatable bonds is 4. The van der Waals surface area contributed by atoms with E-state index < -0.39 is 21.7 Å². The normalized spacial score (nSPS) is 15.7. The summed E-state index contributed by atoms with van der Waals surface area (Å²) in [7, 11) is -3.58. The molecule has 2 aromatic rings. The number of nitrogens with one attached hydrogen (secondary N) is 2. The molecule has 1 saturated heterocycles. The fraction of sp³-hybridized carbons (Fsp3) is 0.267. The molecule has 2 N–H and O–H groups in total. The number of amides is 1. The molecular weight excluding hydrogens is 321 g/mol. The van der Waals surface area contributed by atoms with Crippen LogP contribution in [-0.2, 0) is 10.0 Å². The van der Waals surface area contributed by atoms with Crippen LogP contribution in [0.25, 0.3) is 0 Å². The van der Waals surface area contributed by atoms with Crippen molar-refractivity contribution < 1.29 is 17.6 Å². The summed E-state index contributed by atoms with van der Waals surface area (Å²) in [5, 5.41) is 2.41. The van der Waals surface area contributed by atoms with Gasteiger partial charge in [-0.1, -0.05) is 12.1 Å². The van der Waals surface area contributed by atoms with E-state index in [4.69, 9.17) is 0 Å². The van der Waals surface area contributed by atoms with E-state index in [1.165, 1.54) is 34.8 Å². The van der Waals surface area contributed by atoms with E-state index in [1.54, 1.807) is 6.07 Å². The van der Waals surface area contributed by atoms with Crippen LogP contribution >= 0.6 is 0 Å². The predicted molar refractivity (Wildman–Crippen MR) is 83.1 cm³/mol. The minimum Gasteiger partial charge on any atom is -0.356 e. The molecule has 1 aliphatic heterocycles. The monoisotopic (exact) mass is 337 g/mol. The van der Waals surface area contributed by atoms with E-state index in [-0.39, 0.29) is 16.3 Å². The van der Waals surface area contributed by atoms with Crippen LogP contribution in [0.4, 0.5) is 10.1 Å². The average Bonchev–Trinajstić information content (AvgIpc) is 3.21. The molecule has 2 heterocycles. The molecule has 1 aromatic heterocycles. The Morgan fingerprint density at radius 1 is 1.22 bits per heavy atom. The van der Waals surface area contributed by atoms with E-state index in [9.17, 15) is 17.6 Å². The number of aromatic amines is 1. The third-order valence-corrected chi connectivity index (χ3v) is 5.60. The molecule has 0 unspecified atom stereocenters. The van der Waals surface area contributed by atoms with Crippen LogP contribution in [0.2, 0.25) is 0 Å². The summed E-state index contributed by atoms with van der Waals surface area (Å²) in [4.78, 5) is 14.8. The summed E-state index contributed by atoms with van der Waals surface area (Å²) in [6, 6.07) is 7.03. The summed E-state index contributed by atoms with van der Waals surface area (Å²) >= 11 is 0. The van der Waals surface area contributed by atoms with E-state index in [1.807, 2.05) is 0 Å². The predicted octanol–water partition coefficient (Wildman–Crippen LogP) is 2.19. The zero-order valence-corrected chi connectivity index (χ0v) is 13.1. The van der Waals surface area contributed by atoms with E-state index in [0.29, 0.717) is 13.1 Å². The van der Waals surface area contributed by atoms with Crippen molar-refractivity contribution in [2.45, 2.75) is 17.7 Å². The number of halogens is 1. The molecule has 1 fully saturated rings. The second-order valence-corrected chi connectivity index (χ2v) is 7.23. The first kappa shape index (κ1) is 15.7. The molecule has 1 aliphatic rings. The maximum absolute atomic E-state index is 13.5. The Morgan fingerprint density at radius 3 is 2.61 bits per heavy atom. The maximum atomic E-state index is 13.5. The highest BCUT2D eigenvalue weighted by Gasteiger charge is 2.28. The number of para-hydroxylation sites is 1. The average molecular weight is 337 g/mol. The fourth-order valence-corrected chi connectivity index (χ4v) is 4.00. The molecule has 0 radical (unpaired) electrons. The van der Waals surface area contributed by atoms with Gasteiger partial charge in [0.25, 0.3) is 5.91 Å². The number of nitrogens with zero attached hydrogens (tertiary/aromatic N) is 1. The molecule has 6 nitrogen and oxygen atoms in total. The van der Waals surface area contributed by atoms with Crippen molar-refractivity contribution in [3.05, 3.63) is 48.0 Å². The number of H-pyrrole nitrogens is 1. The van der Waals surface area contributed by atoms with Crippen LogP contribution in [0.15, 0.2) is 41.4 Å². The summed E-state index contributed by atoms with van der Waals surface area (Å²) in [5.74, 6) is -1.16. The molecule has 0 atom stereocenters. The molecule has 3 rings (SSSR count). The summed E-state index contributed by atoms with van der Waals surface area (Å²) in [6.45, 7) is 0.981. The maximum Gasteiger partial charge on any atom is 0.272 e. The fourth-order valence-electron chi connectivity index (χ4n) is 2.48. The first-order valence-electron chi connectivity index (χ1n) is 7.23. The molecule has 1 aromatic carbocycles. The van der Waals surface area contributed by atoms with Gasteiger partial charge in [0.1, 0.15) is 16.4 Å². The summed E-state index contributed by atoms with van der Waals surface area (Å²) in [5.41, 5.74) is 0.0991. The minimum absolute atomic E-state index is 0.0380. The van der Waals surface area contributed by atoms with Gasteiger partial charge in [-0.15, -0.1) is 0 Å². The van der Waals surface area contributed by atoms with Gasteiger partial charge in [-0.25, -0.2) is 12.8 Å². The molecule has 0 saturated carbocycles. The second kappa shape index (κ2) is 6.13. The van der Waals surface area contributed by atoms with Crippen molar-refractivity contribution in [1.29, 1.82) is 0 Å². The number of hydrogen-bond donors (Lipinski definition) is 2. The first-order valence-corrected chi connectivity index (χ1v) is 8.67. The van der Waals surface area contributed by atoms with Gasteiger partial charge in [-0.3, -0.25) is 4.79 Å². The molecule has 0 bridgehead atoms. The van der Waals surface area contributed by atoms with Crippen LogP contribution in [0.5, 0.6) is 0 Å². The van der Waals surface area contributed by atoms with Gasteiger partial charge in [-0.05, 0) is 31.0 Å². The lowest BCUT2D eigenvalue weighted by Gasteiger charge is -2.13. The van der Waals surface area contributed by atoms with Gasteiger partial charge >= 0.3 is 0 Å². The highest BCUT2D eigenvalue weighted by molar-refractivity contribution is 7.89. The number of anilines is 1. The first-order chi connectivity index (χ1) is 11.0. The number of carbonyl (C=O) groups excluding carboxylic acids is 1. The van der Waals surface area contributed by atoms with Crippen LogP contribution in [0, 0.1) is 5.82 Å². The van der Waals surface area contributed by atoms with Crippen LogP contribution in [0.1, 0.15) is 23.3 Å². The van der Waals surface area contributed by atoms with E-state index in [0.717, 1.165) is 12.8 Å². The topological polar surface area (TPSA) is 82.3 Å². The Kier molecular flexibility index (Phi) is 4.18. The van der Waals surface area contributed by atoms with E-state index >= 15 is 0 Å².